The van der Waals surface area contributed by atoms with Crippen LogP contribution in [0, 0.1) is 0 Å². The summed E-state index contributed by atoms with van der Waals surface area (Å²) in [6.45, 7) is 9.66. The van der Waals surface area contributed by atoms with Gasteiger partial charge in [-0.15, -0.1) is 0 Å². The first-order valence-electron chi connectivity index (χ1n) is 14.4. The standard InChI is InChI=1S/C35H39NO3Si/c1-5-38-34(37)31-19-13-12-18-30(31)33-23-21-27-24-26(20-22-32(27)36-33)25-39-40(35(2,3)4,28-14-8-6-9-15-28)29-16-10-7-11-17-29/h6-11,14-17,20-24H,5,12-13,18-19,25H2,1-4H3. The third kappa shape index (κ3) is 5.54. The van der Waals surface area contributed by atoms with Gasteiger partial charge in [0.15, 0.2) is 0 Å². The molecule has 0 saturated carbocycles. The average molecular weight is 550 g/mol. The van der Waals surface area contributed by atoms with Crippen molar-refractivity contribution in [1.29, 1.82) is 0 Å². The Morgan fingerprint density at radius 1 is 0.850 bits per heavy atom. The van der Waals surface area contributed by atoms with Crippen LogP contribution in [0.3, 0.4) is 0 Å². The smallest absolute Gasteiger partial charge is 0.334 e. The number of ether oxygens (including phenoxy) is 1. The molecule has 40 heavy (non-hydrogen) atoms. The number of benzene rings is 3. The molecule has 4 nitrogen and oxygen atoms in total. The lowest BCUT2D eigenvalue weighted by molar-refractivity contribution is -0.138. The van der Waals surface area contributed by atoms with Gasteiger partial charge in [-0.2, -0.15) is 0 Å². The molecule has 4 aromatic rings. The maximum Gasteiger partial charge on any atom is 0.334 e. The van der Waals surface area contributed by atoms with Crippen molar-refractivity contribution in [2.75, 3.05) is 6.61 Å². The van der Waals surface area contributed by atoms with Crippen molar-refractivity contribution in [1.82, 2.24) is 4.98 Å². The summed E-state index contributed by atoms with van der Waals surface area (Å²) >= 11 is 0. The van der Waals surface area contributed by atoms with E-state index in [-0.39, 0.29) is 11.0 Å². The molecule has 0 bridgehead atoms. The van der Waals surface area contributed by atoms with Gasteiger partial charge in [0, 0.05) is 11.0 Å². The van der Waals surface area contributed by atoms with E-state index in [2.05, 4.69) is 112 Å². The summed E-state index contributed by atoms with van der Waals surface area (Å²) in [4.78, 5) is 17.6. The first kappa shape index (κ1) is 28.0. The summed E-state index contributed by atoms with van der Waals surface area (Å²) in [7, 11) is -2.62. The molecule has 1 aromatic heterocycles. The van der Waals surface area contributed by atoms with Gasteiger partial charge >= 0.3 is 5.97 Å². The number of nitrogens with zero attached hydrogens (tertiary/aromatic N) is 1. The fraction of sp³-hybridized carbons (Fsp3) is 0.314. The van der Waals surface area contributed by atoms with Crippen LogP contribution in [0.25, 0.3) is 16.5 Å². The molecule has 0 N–H and O–H groups in total. The number of rotatable bonds is 8. The summed E-state index contributed by atoms with van der Waals surface area (Å²) in [5.74, 6) is -0.199. The maximum absolute atomic E-state index is 12.6. The number of carbonyl (C=O) groups excluding carboxylic acids is 1. The van der Waals surface area contributed by atoms with Crippen molar-refractivity contribution in [3.05, 3.63) is 108 Å². The van der Waals surface area contributed by atoms with Crippen LogP contribution in [0.5, 0.6) is 0 Å². The molecule has 1 aliphatic rings. The van der Waals surface area contributed by atoms with Gasteiger partial charge in [-0.1, -0.05) is 93.6 Å². The fourth-order valence-electron chi connectivity index (χ4n) is 6.02. The minimum Gasteiger partial charge on any atom is -0.463 e. The third-order valence-electron chi connectivity index (χ3n) is 7.92. The number of allylic oxidation sites excluding steroid dienone is 1. The van der Waals surface area contributed by atoms with Gasteiger partial charge in [0.2, 0.25) is 0 Å². The highest BCUT2D eigenvalue weighted by molar-refractivity contribution is 6.99. The molecule has 1 heterocycles. The van der Waals surface area contributed by atoms with Gasteiger partial charge in [0.25, 0.3) is 8.32 Å². The highest BCUT2D eigenvalue weighted by atomic mass is 28.4. The largest absolute Gasteiger partial charge is 0.463 e. The van der Waals surface area contributed by atoms with E-state index in [9.17, 15) is 4.79 Å². The van der Waals surface area contributed by atoms with Crippen LogP contribution < -0.4 is 10.4 Å². The van der Waals surface area contributed by atoms with Gasteiger partial charge < -0.3 is 9.16 Å². The van der Waals surface area contributed by atoms with E-state index in [0.29, 0.717) is 13.2 Å². The van der Waals surface area contributed by atoms with E-state index < -0.39 is 8.32 Å². The molecular weight excluding hydrogens is 510 g/mol. The molecule has 0 amide bonds. The number of pyridine rings is 1. The number of hydrogen-bond acceptors (Lipinski definition) is 4. The molecule has 5 rings (SSSR count). The summed E-state index contributed by atoms with van der Waals surface area (Å²) in [5.41, 5.74) is 4.75. The summed E-state index contributed by atoms with van der Waals surface area (Å²) in [5, 5.41) is 3.55. The number of aromatic nitrogens is 1. The predicted molar refractivity (Wildman–Crippen MR) is 166 cm³/mol. The lowest BCUT2D eigenvalue weighted by atomic mass is 9.89. The van der Waals surface area contributed by atoms with E-state index >= 15 is 0 Å². The summed E-state index contributed by atoms with van der Waals surface area (Å²) in [6.07, 6.45) is 3.69. The second-order valence-corrected chi connectivity index (χ2v) is 15.9. The Kier molecular flexibility index (Phi) is 8.34. The van der Waals surface area contributed by atoms with Crippen LogP contribution in [0.1, 0.15) is 64.6 Å². The zero-order chi connectivity index (χ0) is 28.2. The number of fused-ring (bicyclic) bond motifs is 1. The third-order valence-corrected chi connectivity index (χ3v) is 12.9. The van der Waals surface area contributed by atoms with Crippen LogP contribution in [-0.2, 0) is 20.6 Å². The monoisotopic (exact) mass is 549 g/mol. The molecule has 5 heteroatoms. The minimum absolute atomic E-state index is 0.0760. The SMILES string of the molecule is CCOC(=O)C1=C(c2ccc3cc(CO[Si](c4ccccc4)(c4ccccc4)C(C)(C)C)ccc3n2)CCCC1. The molecule has 1 aliphatic carbocycles. The van der Waals surface area contributed by atoms with E-state index in [1.54, 1.807) is 0 Å². The fourth-order valence-corrected chi connectivity index (χ4v) is 10.6. The summed E-state index contributed by atoms with van der Waals surface area (Å²) in [6, 6.07) is 32.0. The van der Waals surface area contributed by atoms with E-state index in [0.717, 1.165) is 59.0 Å². The van der Waals surface area contributed by atoms with Gasteiger partial charge in [-0.05, 0) is 77.4 Å². The van der Waals surface area contributed by atoms with Gasteiger partial charge in [0.1, 0.15) is 0 Å². The van der Waals surface area contributed by atoms with Gasteiger partial charge in [-0.25, -0.2) is 9.78 Å². The molecule has 206 valence electrons. The van der Waals surface area contributed by atoms with Crippen molar-refractivity contribution < 1.29 is 14.0 Å². The molecule has 0 spiro atoms. The average Bonchev–Trinajstić information content (AvgIpc) is 2.98. The van der Waals surface area contributed by atoms with Crippen molar-refractivity contribution >= 4 is 41.1 Å². The van der Waals surface area contributed by atoms with E-state index in [1.165, 1.54) is 10.4 Å². The zero-order valence-corrected chi connectivity index (χ0v) is 25.1. The maximum atomic E-state index is 12.6. The molecule has 0 atom stereocenters. The normalized spacial score (nSPS) is 14.4. The van der Waals surface area contributed by atoms with Crippen molar-refractivity contribution in [3.63, 3.8) is 0 Å². The Hall–Kier alpha value is -3.54. The molecule has 3 aromatic carbocycles. The van der Waals surface area contributed by atoms with Gasteiger partial charge in [0.05, 0.1) is 24.4 Å². The van der Waals surface area contributed by atoms with Crippen molar-refractivity contribution in [2.45, 2.75) is 65.0 Å². The summed E-state index contributed by atoms with van der Waals surface area (Å²) < 4.78 is 12.5. The highest BCUT2D eigenvalue weighted by Crippen LogP contribution is 2.38. The number of carbonyl (C=O) groups is 1. The molecular formula is C35H39NO3Si. The van der Waals surface area contributed by atoms with Crippen molar-refractivity contribution in [3.8, 4) is 0 Å². The van der Waals surface area contributed by atoms with Gasteiger partial charge in [-0.3, -0.25) is 0 Å². The Morgan fingerprint density at radius 3 is 2.12 bits per heavy atom. The molecule has 0 aliphatic heterocycles. The Morgan fingerprint density at radius 2 is 1.50 bits per heavy atom. The Labute approximate surface area is 239 Å². The van der Waals surface area contributed by atoms with Crippen molar-refractivity contribution in [2.24, 2.45) is 0 Å². The number of hydrogen-bond donors (Lipinski definition) is 0. The lowest BCUT2D eigenvalue weighted by Gasteiger charge is -2.43. The quantitative estimate of drug-likeness (QED) is 0.172. The number of esters is 1. The first-order valence-corrected chi connectivity index (χ1v) is 16.3. The second kappa shape index (κ2) is 11.9. The second-order valence-electron chi connectivity index (χ2n) is 11.6. The molecule has 0 fully saturated rings. The molecule has 0 radical (unpaired) electrons. The van der Waals surface area contributed by atoms with Crippen LogP contribution in [-0.4, -0.2) is 25.9 Å². The Bertz CT molecular complexity index is 1470. The van der Waals surface area contributed by atoms with Crippen LogP contribution in [0.15, 0.2) is 96.6 Å². The van der Waals surface area contributed by atoms with E-state index in [1.807, 2.05) is 6.92 Å². The van der Waals surface area contributed by atoms with Crippen LogP contribution in [0.4, 0.5) is 0 Å². The molecule has 0 saturated heterocycles. The topological polar surface area (TPSA) is 48.4 Å². The highest BCUT2D eigenvalue weighted by Gasteiger charge is 2.50. The zero-order valence-electron chi connectivity index (χ0n) is 24.1. The van der Waals surface area contributed by atoms with Crippen LogP contribution >= 0.6 is 0 Å². The lowest BCUT2D eigenvalue weighted by Crippen LogP contribution is -2.66. The minimum atomic E-state index is -2.62. The Balaban J connectivity index is 1.48. The first-order chi connectivity index (χ1) is 19.3. The molecule has 0 unspecified atom stereocenters. The van der Waals surface area contributed by atoms with Crippen LogP contribution in [0.2, 0.25) is 5.04 Å². The van der Waals surface area contributed by atoms with E-state index in [4.69, 9.17) is 14.1 Å². The predicted octanol–water partition coefficient (Wildman–Crippen LogP) is 7.20.